The highest BCUT2D eigenvalue weighted by Gasteiger charge is 2.26. The maximum absolute atomic E-state index is 11.6. The number of hydrogen-bond donors (Lipinski definition) is 1. The SMILES string of the molecule is C[C@@H](CC(=O)O)OCCC(F)(F)F. The van der Waals surface area contributed by atoms with Gasteiger partial charge in [-0.3, -0.25) is 4.79 Å². The van der Waals surface area contributed by atoms with Crippen molar-refractivity contribution in [3.63, 3.8) is 0 Å². The van der Waals surface area contributed by atoms with Gasteiger partial charge in [0.05, 0.1) is 25.6 Å². The molecule has 1 atom stereocenters. The van der Waals surface area contributed by atoms with Gasteiger partial charge in [-0.1, -0.05) is 0 Å². The first-order chi connectivity index (χ1) is 5.81. The van der Waals surface area contributed by atoms with E-state index in [-0.39, 0.29) is 6.42 Å². The van der Waals surface area contributed by atoms with E-state index in [9.17, 15) is 18.0 Å². The van der Waals surface area contributed by atoms with Gasteiger partial charge in [-0.05, 0) is 6.92 Å². The van der Waals surface area contributed by atoms with E-state index in [1.807, 2.05) is 0 Å². The molecule has 0 saturated heterocycles. The molecule has 0 aliphatic carbocycles. The van der Waals surface area contributed by atoms with Gasteiger partial charge >= 0.3 is 12.1 Å². The molecule has 0 aromatic carbocycles. The zero-order valence-electron chi connectivity index (χ0n) is 7.10. The van der Waals surface area contributed by atoms with Crippen LogP contribution in [0.1, 0.15) is 19.8 Å². The molecule has 1 N–H and O–H groups in total. The Morgan fingerprint density at radius 1 is 1.54 bits per heavy atom. The van der Waals surface area contributed by atoms with Gasteiger partial charge in [0.2, 0.25) is 0 Å². The molecule has 0 fully saturated rings. The molecule has 0 unspecified atom stereocenters. The monoisotopic (exact) mass is 200 g/mol. The number of ether oxygens (including phenoxy) is 1. The van der Waals surface area contributed by atoms with Crippen LogP contribution in [-0.2, 0) is 9.53 Å². The molecule has 0 rings (SSSR count). The van der Waals surface area contributed by atoms with Gasteiger partial charge in [-0.15, -0.1) is 0 Å². The summed E-state index contributed by atoms with van der Waals surface area (Å²) < 4.78 is 39.3. The zero-order chi connectivity index (χ0) is 10.5. The Morgan fingerprint density at radius 3 is 2.46 bits per heavy atom. The van der Waals surface area contributed by atoms with E-state index in [0.717, 1.165) is 0 Å². The summed E-state index contributed by atoms with van der Waals surface area (Å²) in [5.41, 5.74) is 0. The molecule has 0 radical (unpaired) electrons. The first-order valence-corrected chi connectivity index (χ1v) is 3.71. The molecule has 0 heterocycles. The number of halogens is 3. The van der Waals surface area contributed by atoms with E-state index in [0.29, 0.717) is 0 Å². The van der Waals surface area contributed by atoms with Gasteiger partial charge in [-0.25, -0.2) is 0 Å². The fourth-order valence-corrected chi connectivity index (χ4v) is 0.681. The molecule has 13 heavy (non-hydrogen) atoms. The third-order valence-electron chi connectivity index (χ3n) is 1.25. The number of carboxylic acids is 1. The maximum Gasteiger partial charge on any atom is 0.391 e. The topological polar surface area (TPSA) is 46.5 Å². The van der Waals surface area contributed by atoms with Crippen molar-refractivity contribution in [1.82, 2.24) is 0 Å². The Balaban J connectivity index is 3.48. The molecule has 0 bridgehead atoms. The van der Waals surface area contributed by atoms with Crippen LogP contribution in [-0.4, -0.2) is 30.0 Å². The molecule has 3 nitrogen and oxygen atoms in total. The minimum atomic E-state index is -4.25. The summed E-state index contributed by atoms with van der Waals surface area (Å²) in [6.45, 7) is 0.933. The number of rotatable bonds is 5. The second-order valence-corrected chi connectivity index (χ2v) is 2.64. The van der Waals surface area contributed by atoms with Crippen molar-refractivity contribution in [3.8, 4) is 0 Å². The lowest BCUT2D eigenvalue weighted by Crippen LogP contribution is -2.18. The van der Waals surface area contributed by atoms with Crippen molar-refractivity contribution in [2.24, 2.45) is 0 Å². The lowest BCUT2D eigenvalue weighted by molar-refractivity contribution is -0.151. The predicted molar refractivity (Wildman–Crippen MR) is 38.3 cm³/mol. The largest absolute Gasteiger partial charge is 0.481 e. The molecule has 6 heteroatoms. The van der Waals surface area contributed by atoms with Crippen LogP contribution in [0, 0.1) is 0 Å². The lowest BCUT2D eigenvalue weighted by atomic mass is 10.3. The molecule has 0 aliphatic heterocycles. The number of alkyl halides is 3. The predicted octanol–water partition coefficient (Wildman–Crippen LogP) is 1.82. The van der Waals surface area contributed by atoms with Gasteiger partial charge in [0.15, 0.2) is 0 Å². The summed E-state index contributed by atoms with van der Waals surface area (Å²) in [5.74, 6) is -1.08. The van der Waals surface area contributed by atoms with E-state index in [1.54, 1.807) is 0 Å². The quantitative estimate of drug-likeness (QED) is 0.736. The number of hydrogen-bond acceptors (Lipinski definition) is 2. The molecular weight excluding hydrogens is 189 g/mol. The van der Waals surface area contributed by atoms with Gasteiger partial charge in [0.25, 0.3) is 0 Å². The Bertz CT molecular complexity index is 167. The second-order valence-electron chi connectivity index (χ2n) is 2.64. The lowest BCUT2D eigenvalue weighted by Gasteiger charge is -2.11. The van der Waals surface area contributed by atoms with Crippen molar-refractivity contribution in [2.75, 3.05) is 6.61 Å². The van der Waals surface area contributed by atoms with E-state index in [2.05, 4.69) is 4.74 Å². The highest BCUT2D eigenvalue weighted by Crippen LogP contribution is 2.19. The van der Waals surface area contributed by atoms with Crippen LogP contribution in [0.5, 0.6) is 0 Å². The third-order valence-corrected chi connectivity index (χ3v) is 1.25. The third kappa shape index (κ3) is 9.13. The molecule has 78 valence electrons. The molecule has 0 aromatic heterocycles. The van der Waals surface area contributed by atoms with Crippen LogP contribution in [0.25, 0.3) is 0 Å². The van der Waals surface area contributed by atoms with Crippen molar-refractivity contribution in [2.45, 2.75) is 32.0 Å². The van der Waals surface area contributed by atoms with Crippen LogP contribution >= 0.6 is 0 Å². The second kappa shape index (κ2) is 5.06. The standard InChI is InChI=1S/C7H11F3O3/c1-5(4-6(11)12)13-3-2-7(8,9)10/h5H,2-4H2,1H3,(H,11,12)/t5-/m0/s1. The van der Waals surface area contributed by atoms with Gasteiger partial charge in [0, 0.05) is 0 Å². The maximum atomic E-state index is 11.6. The summed E-state index contributed by atoms with van der Waals surface area (Å²) >= 11 is 0. The van der Waals surface area contributed by atoms with Crippen LogP contribution in [0.4, 0.5) is 13.2 Å². The fraction of sp³-hybridized carbons (Fsp3) is 0.857. The van der Waals surface area contributed by atoms with Gasteiger partial charge < -0.3 is 9.84 Å². The zero-order valence-corrected chi connectivity index (χ0v) is 7.10. The summed E-state index contributed by atoms with van der Waals surface area (Å²) in [4.78, 5) is 10.1. The van der Waals surface area contributed by atoms with Crippen LogP contribution in [0.2, 0.25) is 0 Å². The number of aliphatic carboxylic acids is 1. The molecule has 0 spiro atoms. The van der Waals surface area contributed by atoms with Crippen LogP contribution in [0.15, 0.2) is 0 Å². The first-order valence-electron chi connectivity index (χ1n) is 3.71. The van der Waals surface area contributed by atoms with Crippen molar-refractivity contribution >= 4 is 5.97 Å². The molecule has 0 aliphatic rings. The summed E-state index contributed by atoms with van der Waals surface area (Å²) in [7, 11) is 0. The number of carboxylic acid groups (broad SMARTS) is 1. The average Bonchev–Trinajstić information content (AvgIpc) is 1.81. The normalized spacial score (nSPS) is 14.2. The van der Waals surface area contributed by atoms with Crippen molar-refractivity contribution < 1.29 is 27.8 Å². The fourth-order valence-electron chi connectivity index (χ4n) is 0.681. The number of carbonyl (C=O) groups is 1. The molecule has 0 amide bonds. The summed E-state index contributed by atoms with van der Waals surface area (Å²) in [6.07, 6.45) is -6.25. The van der Waals surface area contributed by atoms with E-state index in [4.69, 9.17) is 5.11 Å². The minimum Gasteiger partial charge on any atom is -0.481 e. The van der Waals surface area contributed by atoms with E-state index < -0.39 is 31.3 Å². The molecular formula is C7H11F3O3. The Hall–Kier alpha value is -0.780. The van der Waals surface area contributed by atoms with Crippen molar-refractivity contribution in [1.29, 1.82) is 0 Å². The smallest absolute Gasteiger partial charge is 0.391 e. The highest BCUT2D eigenvalue weighted by atomic mass is 19.4. The molecule has 0 saturated carbocycles. The first kappa shape index (κ1) is 12.2. The Kier molecular flexibility index (Phi) is 4.76. The van der Waals surface area contributed by atoms with Crippen molar-refractivity contribution in [3.05, 3.63) is 0 Å². The summed E-state index contributed by atoms with van der Waals surface area (Å²) in [6, 6.07) is 0. The van der Waals surface area contributed by atoms with Gasteiger partial charge in [-0.2, -0.15) is 13.2 Å². The molecule has 0 aromatic rings. The minimum absolute atomic E-state index is 0.280. The average molecular weight is 200 g/mol. The summed E-state index contributed by atoms with van der Waals surface area (Å²) in [5, 5.41) is 8.24. The Morgan fingerprint density at radius 2 is 2.08 bits per heavy atom. The van der Waals surface area contributed by atoms with E-state index in [1.165, 1.54) is 6.92 Å². The van der Waals surface area contributed by atoms with E-state index >= 15 is 0 Å². The highest BCUT2D eigenvalue weighted by molar-refractivity contribution is 5.67. The van der Waals surface area contributed by atoms with Crippen LogP contribution < -0.4 is 0 Å². The Labute approximate surface area is 73.5 Å². The van der Waals surface area contributed by atoms with Crippen LogP contribution in [0.3, 0.4) is 0 Å². The van der Waals surface area contributed by atoms with Gasteiger partial charge in [0.1, 0.15) is 0 Å².